The van der Waals surface area contributed by atoms with Crippen LogP contribution in [0.3, 0.4) is 0 Å². The topological polar surface area (TPSA) is 54.5 Å². The second kappa shape index (κ2) is 5.66. The fourth-order valence-corrected chi connectivity index (χ4v) is 5.49. The Morgan fingerprint density at radius 3 is 2.82 bits per heavy atom. The zero-order valence-electron chi connectivity index (χ0n) is 12.7. The van der Waals surface area contributed by atoms with Crippen LogP contribution in [-0.4, -0.2) is 42.8 Å². The number of hydrogen-bond donors (Lipinski definition) is 0. The predicted octanol–water partition coefficient (Wildman–Crippen LogP) is 2.48. The summed E-state index contributed by atoms with van der Waals surface area (Å²) in [6.45, 7) is 3.82. The lowest BCUT2D eigenvalue weighted by molar-refractivity contribution is -0.132. The summed E-state index contributed by atoms with van der Waals surface area (Å²) < 4.78 is 25.0. The fraction of sp³-hybridized carbons (Fsp3) is 0.438. The minimum Gasteiger partial charge on any atom is -0.337 e. The summed E-state index contributed by atoms with van der Waals surface area (Å²) in [5.41, 5.74) is 1.03. The Morgan fingerprint density at radius 2 is 2.05 bits per heavy atom. The van der Waals surface area contributed by atoms with Crippen molar-refractivity contribution in [2.45, 2.75) is 31.6 Å². The normalized spacial score (nSPS) is 24.5. The van der Waals surface area contributed by atoms with Gasteiger partial charge in [-0.3, -0.25) is 4.79 Å². The molecule has 0 spiro atoms. The van der Waals surface area contributed by atoms with Crippen LogP contribution in [0.25, 0.3) is 10.1 Å². The monoisotopic (exact) mass is 337 g/mol. The fourth-order valence-electron chi connectivity index (χ4n) is 2.95. The summed E-state index contributed by atoms with van der Waals surface area (Å²) in [6, 6.07) is 7.77. The average molecular weight is 337 g/mol. The number of nitrogens with zero attached hydrogens (tertiary/aromatic N) is 1. The molecule has 0 aliphatic carbocycles. The molecule has 4 nitrogen and oxygen atoms in total. The smallest absolute Gasteiger partial charge is 0.227 e. The van der Waals surface area contributed by atoms with Crippen molar-refractivity contribution in [2.24, 2.45) is 0 Å². The van der Waals surface area contributed by atoms with Gasteiger partial charge in [-0.2, -0.15) is 0 Å². The Balaban J connectivity index is 1.80. The molecule has 6 heteroatoms. The van der Waals surface area contributed by atoms with Crippen LogP contribution in [0.2, 0.25) is 0 Å². The molecule has 1 aliphatic heterocycles. The van der Waals surface area contributed by atoms with E-state index in [1.165, 1.54) is 4.70 Å². The van der Waals surface area contributed by atoms with Crippen molar-refractivity contribution >= 4 is 37.2 Å². The van der Waals surface area contributed by atoms with Gasteiger partial charge in [-0.1, -0.05) is 18.2 Å². The van der Waals surface area contributed by atoms with E-state index in [2.05, 4.69) is 0 Å². The summed E-state index contributed by atoms with van der Waals surface area (Å²) in [7, 11) is -3.07. The summed E-state index contributed by atoms with van der Waals surface area (Å²) in [5, 5.41) is 2.65. The summed E-state index contributed by atoms with van der Waals surface area (Å²) >= 11 is 1.64. The number of hydrogen-bond acceptors (Lipinski definition) is 4. The largest absolute Gasteiger partial charge is 0.337 e. The number of sulfone groups is 1. The Labute approximate surface area is 134 Å². The van der Waals surface area contributed by atoms with Crippen LogP contribution in [0.4, 0.5) is 0 Å². The van der Waals surface area contributed by atoms with E-state index in [4.69, 9.17) is 0 Å². The molecule has 22 heavy (non-hydrogen) atoms. The number of amides is 1. The van der Waals surface area contributed by atoms with Crippen molar-refractivity contribution < 1.29 is 13.2 Å². The first-order valence-corrected chi connectivity index (χ1v) is 9.96. The minimum absolute atomic E-state index is 0.0119. The van der Waals surface area contributed by atoms with E-state index in [1.54, 1.807) is 23.2 Å². The average Bonchev–Trinajstić information content (AvgIpc) is 2.88. The molecule has 118 valence electrons. The highest BCUT2D eigenvalue weighted by molar-refractivity contribution is 7.92. The van der Waals surface area contributed by atoms with Crippen LogP contribution in [0.1, 0.15) is 19.4 Å². The summed E-state index contributed by atoms with van der Waals surface area (Å²) in [5.74, 6) is 0.0760. The first kappa shape index (κ1) is 15.5. The maximum atomic E-state index is 12.6. The third kappa shape index (κ3) is 2.65. The third-order valence-corrected chi connectivity index (χ3v) is 7.87. The highest BCUT2D eigenvalue weighted by Crippen LogP contribution is 2.27. The van der Waals surface area contributed by atoms with Crippen LogP contribution in [0.5, 0.6) is 0 Å². The number of benzene rings is 1. The van der Waals surface area contributed by atoms with Gasteiger partial charge in [-0.05, 0) is 36.2 Å². The zero-order chi connectivity index (χ0) is 15.9. The van der Waals surface area contributed by atoms with E-state index in [0.717, 1.165) is 10.9 Å². The van der Waals surface area contributed by atoms with Crippen LogP contribution in [-0.2, 0) is 21.1 Å². The molecule has 1 aliphatic rings. The standard InChI is InChI=1S/C16H19NO3S2/c1-11-12(2)22(19,20)8-7-17(11)16(18)9-13-10-21-15-6-4-3-5-14(13)15/h3-6,10-12H,7-9H2,1-2H3. The van der Waals surface area contributed by atoms with Gasteiger partial charge in [0.15, 0.2) is 9.84 Å². The van der Waals surface area contributed by atoms with Gasteiger partial charge in [0, 0.05) is 17.3 Å². The SMILES string of the molecule is CC1C(C)S(=O)(=O)CCN1C(=O)Cc1csc2ccccc12. The molecule has 1 amide bonds. The van der Waals surface area contributed by atoms with E-state index in [0.29, 0.717) is 13.0 Å². The van der Waals surface area contributed by atoms with E-state index in [1.807, 2.05) is 36.6 Å². The Morgan fingerprint density at radius 1 is 1.32 bits per heavy atom. The molecule has 0 saturated carbocycles. The first-order chi connectivity index (χ1) is 10.4. The van der Waals surface area contributed by atoms with Gasteiger partial charge in [0.2, 0.25) is 5.91 Å². The molecule has 2 aromatic rings. The highest BCUT2D eigenvalue weighted by Gasteiger charge is 2.37. The van der Waals surface area contributed by atoms with Gasteiger partial charge >= 0.3 is 0 Å². The first-order valence-electron chi connectivity index (χ1n) is 7.36. The zero-order valence-corrected chi connectivity index (χ0v) is 14.3. The lowest BCUT2D eigenvalue weighted by Gasteiger charge is -2.37. The number of carbonyl (C=O) groups is 1. The maximum absolute atomic E-state index is 12.6. The highest BCUT2D eigenvalue weighted by atomic mass is 32.2. The number of rotatable bonds is 2. The van der Waals surface area contributed by atoms with Gasteiger partial charge in [-0.15, -0.1) is 11.3 Å². The van der Waals surface area contributed by atoms with Crippen LogP contribution in [0.15, 0.2) is 29.6 Å². The molecule has 0 N–H and O–H groups in total. The summed E-state index contributed by atoms with van der Waals surface area (Å²) in [6.07, 6.45) is 0.334. The van der Waals surface area contributed by atoms with E-state index in [-0.39, 0.29) is 17.7 Å². The van der Waals surface area contributed by atoms with Crippen molar-refractivity contribution in [1.82, 2.24) is 4.90 Å². The van der Waals surface area contributed by atoms with Crippen molar-refractivity contribution in [3.8, 4) is 0 Å². The lowest BCUT2D eigenvalue weighted by Crippen LogP contribution is -2.54. The molecule has 1 aromatic heterocycles. The minimum atomic E-state index is -3.07. The van der Waals surface area contributed by atoms with E-state index in [9.17, 15) is 13.2 Å². The number of carbonyl (C=O) groups excluding carboxylic acids is 1. The Hall–Kier alpha value is -1.40. The molecule has 1 aromatic carbocycles. The van der Waals surface area contributed by atoms with Gasteiger partial charge in [-0.25, -0.2) is 8.42 Å². The van der Waals surface area contributed by atoms with Crippen molar-refractivity contribution in [3.63, 3.8) is 0 Å². The quantitative estimate of drug-likeness (QED) is 0.846. The lowest BCUT2D eigenvalue weighted by atomic mass is 10.1. The molecule has 2 heterocycles. The summed E-state index contributed by atoms with van der Waals surface area (Å²) in [4.78, 5) is 14.3. The van der Waals surface area contributed by atoms with Crippen molar-refractivity contribution in [3.05, 3.63) is 35.2 Å². The Kier molecular flexibility index (Phi) is 3.99. The van der Waals surface area contributed by atoms with Crippen molar-refractivity contribution in [1.29, 1.82) is 0 Å². The number of fused-ring (bicyclic) bond motifs is 1. The molecule has 0 radical (unpaired) electrons. The van der Waals surface area contributed by atoms with Gasteiger partial charge < -0.3 is 4.90 Å². The predicted molar refractivity (Wildman–Crippen MR) is 90.0 cm³/mol. The molecule has 1 fully saturated rings. The second-order valence-electron chi connectivity index (χ2n) is 5.83. The van der Waals surface area contributed by atoms with Gasteiger partial charge in [0.1, 0.15) is 0 Å². The molecule has 1 saturated heterocycles. The van der Waals surface area contributed by atoms with E-state index >= 15 is 0 Å². The molecule has 0 bridgehead atoms. The molecular formula is C16H19NO3S2. The molecule has 3 rings (SSSR count). The van der Waals surface area contributed by atoms with Gasteiger partial charge in [0.05, 0.1) is 17.4 Å². The molecule has 2 unspecified atom stereocenters. The molecule has 2 atom stereocenters. The maximum Gasteiger partial charge on any atom is 0.227 e. The van der Waals surface area contributed by atoms with E-state index < -0.39 is 15.1 Å². The van der Waals surface area contributed by atoms with Gasteiger partial charge in [0.25, 0.3) is 0 Å². The number of thiophene rings is 1. The second-order valence-corrected chi connectivity index (χ2v) is 9.22. The van der Waals surface area contributed by atoms with Crippen molar-refractivity contribution in [2.75, 3.05) is 12.3 Å². The van der Waals surface area contributed by atoms with Crippen LogP contribution >= 0.6 is 11.3 Å². The molecular weight excluding hydrogens is 318 g/mol. The third-order valence-electron chi connectivity index (χ3n) is 4.58. The Bertz CT molecular complexity index is 810. The van der Waals surface area contributed by atoms with Crippen LogP contribution in [0, 0.1) is 0 Å². The van der Waals surface area contributed by atoms with Crippen LogP contribution < -0.4 is 0 Å².